The Balaban J connectivity index is 2.27. The Morgan fingerprint density at radius 2 is 1.60 bits per heavy atom. The lowest BCUT2D eigenvalue weighted by molar-refractivity contribution is 0.454. The molecule has 0 aliphatic heterocycles. The molecule has 0 aliphatic carbocycles. The predicted octanol–water partition coefficient (Wildman–Crippen LogP) is 4.84. The number of aromatic nitrogens is 2. The first-order valence-electron chi connectivity index (χ1n) is 6.56. The van der Waals surface area contributed by atoms with Gasteiger partial charge in [-0.1, -0.05) is 44.5 Å². The zero-order chi connectivity index (χ0) is 14.9. The molecule has 1 heterocycles. The van der Waals surface area contributed by atoms with Crippen molar-refractivity contribution in [3.63, 3.8) is 0 Å². The average molecular weight is 291 g/mol. The molecule has 0 spiro atoms. The Morgan fingerprint density at radius 3 is 2.15 bits per heavy atom. The van der Waals surface area contributed by atoms with Gasteiger partial charge in [0, 0.05) is 5.56 Å². The smallest absolute Gasteiger partial charge is 0.226 e. The molecule has 0 bridgehead atoms. The van der Waals surface area contributed by atoms with Gasteiger partial charge in [0.15, 0.2) is 0 Å². The summed E-state index contributed by atoms with van der Waals surface area (Å²) in [6.45, 7) is 10.2. The highest BCUT2D eigenvalue weighted by Crippen LogP contribution is 2.29. The standard InChI is InChI=1S/C16H19ClN2O/c1-10-14(17)18-11(2)19-15(10)20-13-8-6-12(7-9-13)16(3,4)5/h6-9H,1-5H3. The molecule has 0 amide bonds. The summed E-state index contributed by atoms with van der Waals surface area (Å²) in [5, 5.41) is 0.429. The fraction of sp³-hybridized carbons (Fsp3) is 0.375. The quantitative estimate of drug-likeness (QED) is 0.743. The van der Waals surface area contributed by atoms with Crippen LogP contribution in [-0.2, 0) is 5.41 Å². The van der Waals surface area contributed by atoms with Gasteiger partial charge in [-0.25, -0.2) is 4.98 Å². The zero-order valence-electron chi connectivity index (χ0n) is 12.5. The maximum Gasteiger partial charge on any atom is 0.226 e. The molecule has 106 valence electrons. The second-order valence-corrected chi connectivity index (χ2v) is 6.23. The molecule has 0 unspecified atom stereocenters. The number of aryl methyl sites for hydroxylation is 1. The van der Waals surface area contributed by atoms with Gasteiger partial charge < -0.3 is 4.74 Å². The lowest BCUT2D eigenvalue weighted by Gasteiger charge is -2.19. The van der Waals surface area contributed by atoms with Crippen molar-refractivity contribution in [1.82, 2.24) is 9.97 Å². The highest BCUT2D eigenvalue weighted by atomic mass is 35.5. The Labute approximate surface area is 125 Å². The zero-order valence-corrected chi connectivity index (χ0v) is 13.2. The van der Waals surface area contributed by atoms with Gasteiger partial charge in [0.05, 0.1) is 0 Å². The molecular formula is C16H19ClN2O. The minimum atomic E-state index is 0.128. The normalized spacial score (nSPS) is 11.5. The van der Waals surface area contributed by atoms with Gasteiger partial charge in [0.25, 0.3) is 0 Å². The summed E-state index contributed by atoms with van der Waals surface area (Å²) in [5.41, 5.74) is 2.14. The van der Waals surface area contributed by atoms with Gasteiger partial charge in [-0.15, -0.1) is 0 Å². The number of halogens is 1. The van der Waals surface area contributed by atoms with E-state index in [1.54, 1.807) is 6.92 Å². The molecule has 0 saturated carbocycles. The molecule has 0 aliphatic rings. The molecule has 4 heteroatoms. The molecule has 2 aromatic rings. The Bertz CT molecular complexity index is 616. The summed E-state index contributed by atoms with van der Waals surface area (Å²) >= 11 is 6.04. The van der Waals surface area contributed by atoms with Crippen LogP contribution in [0.4, 0.5) is 0 Å². The first kappa shape index (κ1) is 14.8. The van der Waals surface area contributed by atoms with Crippen LogP contribution in [0, 0.1) is 13.8 Å². The molecule has 0 radical (unpaired) electrons. The maximum atomic E-state index is 6.04. The third-order valence-electron chi connectivity index (χ3n) is 3.09. The molecule has 2 rings (SSSR count). The van der Waals surface area contributed by atoms with E-state index in [9.17, 15) is 0 Å². The summed E-state index contributed by atoms with van der Waals surface area (Å²) in [6.07, 6.45) is 0. The van der Waals surface area contributed by atoms with Crippen molar-refractivity contribution in [2.45, 2.75) is 40.0 Å². The van der Waals surface area contributed by atoms with E-state index in [4.69, 9.17) is 16.3 Å². The van der Waals surface area contributed by atoms with Crippen molar-refractivity contribution >= 4 is 11.6 Å². The highest BCUT2D eigenvalue weighted by Gasteiger charge is 2.14. The second kappa shape index (κ2) is 5.41. The predicted molar refractivity (Wildman–Crippen MR) is 81.7 cm³/mol. The summed E-state index contributed by atoms with van der Waals surface area (Å²) < 4.78 is 5.80. The van der Waals surface area contributed by atoms with E-state index in [2.05, 4.69) is 42.9 Å². The van der Waals surface area contributed by atoms with Crippen LogP contribution in [0.25, 0.3) is 0 Å². The molecule has 1 aromatic heterocycles. The lowest BCUT2D eigenvalue weighted by atomic mass is 9.87. The minimum absolute atomic E-state index is 0.128. The van der Waals surface area contributed by atoms with Crippen molar-refractivity contribution in [2.24, 2.45) is 0 Å². The van der Waals surface area contributed by atoms with Gasteiger partial charge in [-0.2, -0.15) is 4.98 Å². The van der Waals surface area contributed by atoms with E-state index in [0.717, 1.165) is 11.3 Å². The molecular weight excluding hydrogens is 272 g/mol. The molecule has 1 aromatic carbocycles. The van der Waals surface area contributed by atoms with Gasteiger partial charge in [0.1, 0.15) is 16.7 Å². The molecule has 0 fully saturated rings. The molecule has 0 N–H and O–H groups in total. The van der Waals surface area contributed by atoms with Gasteiger partial charge in [-0.05, 0) is 37.0 Å². The van der Waals surface area contributed by atoms with Crippen LogP contribution >= 0.6 is 11.6 Å². The number of ether oxygens (including phenoxy) is 1. The van der Waals surface area contributed by atoms with Crippen LogP contribution in [0.1, 0.15) is 37.7 Å². The van der Waals surface area contributed by atoms with Gasteiger partial charge in [0.2, 0.25) is 5.88 Å². The van der Waals surface area contributed by atoms with Crippen molar-refractivity contribution in [3.05, 3.63) is 46.4 Å². The van der Waals surface area contributed by atoms with Crippen molar-refractivity contribution in [2.75, 3.05) is 0 Å². The largest absolute Gasteiger partial charge is 0.439 e. The monoisotopic (exact) mass is 290 g/mol. The van der Waals surface area contributed by atoms with E-state index in [1.807, 2.05) is 19.1 Å². The fourth-order valence-corrected chi connectivity index (χ4v) is 2.01. The van der Waals surface area contributed by atoms with Crippen LogP contribution in [0.5, 0.6) is 11.6 Å². The number of rotatable bonds is 2. The van der Waals surface area contributed by atoms with E-state index in [1.165, 1.54) is 5.56 Å². The SMILES string of the molecule is Cc1nc(Cl)c(C)c(Oc2ccc(C(C)(C)C)cc2)n1. The number of nitrogens with zero attached hydrogens (tertiary/aromatic N) is 2. The van der Waals surface area contributed by atoms with Crippen LogP contribution in [0.2, 0.25) is 5.15 Å². The first-order chi connectivity index (χ1) is 9.27. The maximum absolute atomic E-state index is 6.04. The number of benzene rings is 1. The van der Waals surface area contributed by atoms with E-state index in [-0.39, 0.29) is 5.41 Å². The van der Waals surface area contributed by atoms with Crippen LogP contribution < -0.4 is 4.74 Å². The first-order valence-corrected chi connectivity index (χ1v) is 6.94. The number of hydrogen-bond donors (Lipinski definition) is 0. The van der Waals surface area contributed by atoms with E-state index < -0.39 is 0 Å². The van der Waals surface area contributed by atoms with Crippen molar-refractivity contribution in [1.29, 1.82) is 0 Å². The van der Waals surface area contributed by atoms with E-state index >= 15 is 0 Å². The van der Waals surface area contributed by atoms with Crippen LogP contribution in [0.15, 0.2) is 24.3 Å². The lowest BCUT2D eigenvalue weighted by Crippen LogP contribution is -2.10. The third-order valence-corrected chi connectivity index (χ3v) is 3.46. The van der Waals surface area contributed by atoms with Crippen LogP contribution in [0.3, 0.4) is 0 Å². The second-order valence-electron chi connectivity index (χ2n) is 5.87. The topological polar surface area (TPSA) is 35.0 Å². The Hall–Kier alpha value is -1.61. The van der Waals surface area contributed by atoms with E-state index in [0.29, 0.717) is 16.9 Å². The summed E-state index contributed by atoms with van der Waals surface area (Å²) in [6, 6.07) is 8.04. The van der Waals surface area contributed by atoms with Crippen molar-refractivity contribution < 1.29 is 4.74 Å². The number of hydrogen-bond acceptors (Lipinski definition) is 3. The van der Waals surface area contributed by atoms with Crippen molar-refractivity contribution in [3.8, 4) is 11.6 Å². The van der Waals surface area contributed by atoms with Gasteiger partial charge in [-0.3, -0.25) is 0 Å². The van der Waals surface area contributed by atoms with Gasteiger partial charge >= 0.3 is 0 Å². The Morgan fingerprint density at radius 1 is 1.00 bits per heavy atom. The van der Waals surface area contributed by atoms with Crippen LogP contribution in [-0.4, -0.2) is 9.97 Å². The summed E-state index contributed by atoms with van der Waals surface area (Å²) in [4.78, 5) is 8.38. The molecule has 20 heavy (non-hydrogen) atoms. The molecule has 0 saturated heterocycles. The Kier molecular flexibility index (Phi) is 4.00. The molecule has 3 nitrogen and oxygen atoms in total. The fourth-order valence-electron chi connectivity index (χ4n) is 1.80. The average Bonchev–Trinajstić information content (AvgIpc) is 2.35. The molecule has 0 atom stereocenters. The summed E-state index contributed by atoms with van der Waals surface area (Å²) in [5.74, 6) is 1.85. The third kappa shape index (κ3) is 3.28. The minimum Gasteiger partial charge on any atom is -0.439 e. The highest BCUT2D eigenvalue weighted by molar-refractivity contribution is 6.30. The summed E-state index contributed by atoms with van der Waals surface area (Å²) in [7, 11) is 0.